The summed E-state index contributed by atoms with van der Waals surface area (Å²) in [6.07, 6.45) is 1.09. The first-order chi connectivity index (χ1) is 6.29. The molecule has 0 bridgehead atoms. The summed E-state index contributed by atoms with van der Waals surface area (Å²) in [5.74, 6) is 0.495. The van der Waals surface area contributed by atoms with E-state index >= 15 is 0 Å². The van der Waals surface area contributed by atoms with Gasteiger partial charge in [-0.25, -0.2) is 0 Å². The normalized spacial score (nSPS) is 24.9. The van der Waals surface area contributed by atoms with Gasteiger partial charge >= 0.3 is 0 Å². The standard InChI is InChI=1S/C9H12BrNOS/c10-7-2-4-13-9(7)8(11)6-1-3-12-5-6/h2,4,6,8H,1,3,5,11H2. The minimum absolute atomic E-state index is 0.136. The topological polar surface area (TPSA) is 35.2 Å². The smallest absolute Gasteiger partial charge is 0.0513 e. The van der Waals surface area contributed by atoms with Crippen LogP contribution in [0.1, 0.15) is 17.3 Å². The van der Waals surface area contributed by atoms with Crippen LogP contribution in [0.15, 0.2) is 15.9 Å². The highest BCUT2D eigenvalue weighted by Gasteiger charge is 2.25. The average molecular weight is 262 g/mol. The predicted octanol–water partition coefficient (Wildman–Crippen LogP) is 2.55. The minimum Gasteiger partial charge on any atom is -0.381 e. The Labute approximate surface area is 90.2 Å². The van der Waals surface area contributed by atoms with Gasteiger partial charge in [0.15, 0.2) is 0 Å². The van der Waals surface area contributed by atoms with Gasteiger partial charge in [0, 0.05) is 27.9 Å². The molecule has 2 nitrogen and oxygen atoms in total. The Morgan fingerprint density at radius 2 is 2.54 bits per heavy atom. The molecule has 1 aromatic heterocycles. The largest absolute Gasteiger partial charge is 0.381 e. The second-order valence-electron chi connectivity index (χ2n) is 3.28. The fourth-order valence-corrected chi connectivity index (χ4v) is 3.33. The van der Waals surface area contributed by atoms with Crippen LogP contribution in [-0.2, 0) is 4.74 Å². The van der Waals surface area contributed by atoms with Gasteiger partial charge in [-0.2, -0.15) is 0 Å². The molecule has 4 heteroatoms. The van der Waals surface area contributed by atoms with Crippen LogP contribution in [0.3, 0.4) is 0 Å². The highest BCUT2D eigenvalue weighted by molar-refractivity contribution is 9.10. The summed E-state index contributed by atoms with van der Waals surface area (Å²) < 4.78 is 6.46. The molecule has 2 rings (SSSR count). The average Bonchev–Trinajstić information content (AvgIpc) is 2.72. The quantitative estimate of drug-likeness (QED) is 0.889. The van der Waals surface area contributed by atoms with Gasteiger partial charge in [-0.15, -0.1) is 11.3 Å². The van der Waals surface area contributed by atoms with Gasteiger partial charge in [0.2, 0.25) is 0 Å². The maximum Gasteiger partial charge on any atom is 0.0513 e. The van der Waals surface area contributed by atoms with E-state index in [1.165, 1.54) is 4.88 Å². The van der Waals surface area contributed by atoms with Crippen LogP contribution in [-0.4, -0.2) is 13.2 Å². The van der Waals surface area contributed by atoms with Gasteiger partial charge in [0.1, 0.15) is 0 Å². The van der Waals surface area contributed by atoms with Crippen molar-refractivity contribution in [1.82, 2.24) is 0 Å². The number of thiophene rings is 1. The highest BCUT2D eigenvalue weighted by atomic mass is 79.9. The third-order valence-electron chi connectivity index (χ3n) is 2.42. The maximum absolute atomic E-state index is 6.15. The van der Waals surface area contributed by atoms with Crippen LogP contribution < -0.4 is 5.73 Å². The Morgan fingerprint density at radius 3 is 3.08 bits per heavy atom. The molecule has 13 heavy (non-hydrogen) atoms. The summed E-state index contributed by atoms with van der Waals surface area (Å²) in [4.78, 5) is 1.25. The predicted molar refractivity (Wildman–Crippen MR) is 57.9 cm³/mol. The molecule has 72 valence electrons. The summed E-state index contributed by atoms with van der Waals surface area (Å²) in [7, 11) is 0. The SMILES string of the molecule is NC(c1sccc1Br)C1CCOC1. The van der Waals surface area contributed by atoms with Crippen LogP contribution in [0.5, 0.6) is 0 Å². The van der Waals surface area contributed by atoms with Gasteiger partial charge < -0.3 is 10.5 Å². The third-order valence-corrected chi connectivity index (χ3v) is 4.39. The van der Waals surface area contributed by atoms with Crippen molar-refractivity contribution in [2.45, 2.75) is 12.5 Å². The van der Waals surface area contributed by atoms with E-state index in [-0.39, 0.29) is 6.04 Å². The summed E-state index contributed by atoms with van der Waals surface area (Å²) in [5.41, 5.74) is 6.15. The van der Waals surface area contributed by atoms with Crippen molar-refractivity contribution in [1.29, 1.82) is 0 Å². The molecule has 0 aliphatic carbocycles. The minimum atomic E-state index is 0.136. The molecule has 1 fully saturated rings. The van der Waals surface area contributed by atoms with Crippen LogP contribution in [0.25, 0.3) is 0 Å². The molecule has 0 spiro atoms. The van der Waals surface area contributed by atoms with E-state index in [1.807, 2.05) is 0 Å². The lowest BCUT2D eigenvalue weighted by molar-refractivity contribution is 0.181. The molecular weight excluding hydrogens is 250 g/mol. The Balaban J connectivity index is 2.12. The highest BCUT2D eigenvalue weighted by Crippen LogP contribution is 2.34. The molecule has 2 atom stereocenters. The van der Waals surface area contributed by atoms with Crippen molar-refractivity contribution < 1.29 is 4.74 Å². The number of hydrogen-bond donors (Lipinski definition) is 1. The first-order valence-corrected chi connectivity index (χ1v) is 6.02. The van der Waals surface area contributed by atoms with Crippen molar-refractivity contribution >= 4 is 27.3 Å². The van der Waals surface area contributed by atoms with E-state index in [4.69, 9.17) is 10.5 Å². The summed E-state index contributed by atoms with van der Waals surface area (Å²) in [6.45, 7) is 1.67. The van der Waals surface area contributed by atoms with Crippen molar-refractivity contribution in [2.24, 2.45) is 11.7 Å². The molecule has 1 saturated heterocycles. The van der Waals surface area contributed by atoms with Crippen LogP contribution in [0, 0.1) is 5.92 Å². The fourth-order valence-electron chi connectivity index (χ4n) is 1.59. The summed E-state index contributed by atoms with van der Waals surface area (Å²) in [6, 6.07) is 2.19. The molecule has 0 aromatic carbocycles. The summed E-state index contributed by atoms with van der Waals surface area (Å²) in [5, 5.41) is 2.06. The fraction of sp³-hybridized carbons (Fsp3) is 0.556. The molecule has 1 aromatic rings. The van der Waals surface area contributed by atoms with Crippen molar-refractivity contribution in [2.75, 3.05) is 13.2 Å². The van der Waals surface area contributed by atoms with E-state index in [9.17, 15) is 0 Å². The van der Waals surface area contributed by atoms with Gasteiger partial charge in [-0.3, -0.25) is 0 Å². The number of hydrogen-bond acceptors (Lipinski definition) is 3. The Bertz CT molecular complexity index is 283. The van der Waals surface area contributed by atoms with E-state index in [2.05, 4.69) is 27.4 Å². The molecule has 0 saturated carbocycles. The second-order valence-corrected chi connectivity index (χ2v) is 5.08. The van der Waals surface area contributed by atoms with Gasteiger partial charge in [-0.05, 0) is 33.8 Å². The maximum atomic E-state index is 6.15. The van der Waals surface area contributed by atoms with Gasteiger partial charge in [0.05, 0.1) is 6.61 Å². The van der Waals surface area contributed by atoms with Crippen molar-refractivity contribution in [3.05, 3.63) is 20.8 Å². The zero-order chi connectivity index (χ0) is 9.26. The lowest BCUT2D eigenvalue weighted by Gasteiger charge is -2.16. The molecule has 2 N–H and O–H groups in total. The molecule has 0 amide bonds. The molecule has 2 unspecified atom stereocenters. The van der Waals surface area contributed by atoms with E-state index in [0.717, 1.165) is 24.1 Å². The zero-order valence-corrected chi connectivity index (χ0v) is 9.61. The lowest BCUT2D eigenvalue weighted by atomic mass is 9.99. The molecule has 1 aliphatic rings. The van der Waals surface area contributed by atoms with Crippen LogP contribution in [0.2, 0.25) is 0 Å². The van der Waals surface area contributed by atoms with Crippen LogP contribution in [0.4, 0.5) is 0 Å². The Hall–Kier alpha value is 0.1000. The van der Waals surface area contributed by atoms with Gasteiger partial charge in [0.25, 0.3) is 0 Å². The van der Waals surface area contributed by atoms with Crippen molar-refractivity contribution in [3.8, 4) is 0 Å². The third kappa shape index (κ3) is 1.96. The molecule has 0 radical (unpaired) electrons. The summed E-state index contributed by atoms with van der Waals surface area (Å²) >= 11 is 5.22. The monoisotopic (exact) mass is 261 g/mol. The Morgan fingerprint density at radius 1 is 1.69 bits per heavy atom. The van der Waals surface area contributed by atoms with Crippen LogP contribution >= 0.6 is 27.3 Å². The lowest BCUT2D eigenvalue weighted by Crippen LogP contribution is -2.20. The van der Waals surface area contributed by atoms with Crippen molar-refractivity contribution in [3.63, 3.8) is 0 Å². The first-order valence-electron chi connectivity index (χ1n) is 4.35. The van der Waals surface area contributed by atoms with E-state index < -0.39 is 0 Å². The Kier molecular flexibility index (Phi) is 3.03. The number of rotatable bonds is 2. The van der Waals surface area contributed by atoms with E-state index in [0.29, 0.717) is 5.92 Å². The van der Waals surface area contributed by atoms with Gasteiger partial charge in [-0.1, -0.05) is 0 Å². The molecule has 1 aliphatic heterocycles. The molecular formula is C9H12BrNOS. The number of ether oxygens (including phenoxy) is 1. The zero-order valence-electron chi connectivity index (χ0n) is 7.20. The number of nitrogens with two attached hydrogens (primary N) is 1. The van der Waals surface area contributed by atoms with E-state index in [1.54, 1.807) is 11.3 Å². The number of halogens is 1. The molecule has 2 heterocycles. The second kappa shape index (κ2) is 4.09. The first kappa shape index (κ1) is 9.65.